The summed E-state index contributed by atoms with van der Waals surface area (Å²) in [4.78, 5) is 42.1. The summed E-state index contributed by atoms with van der Waals surface area (Å²) in [5, 5.41) is 0. The minimum atomic E-state index is -3.57. The van der Waals surface area contributed by atoms with Crippen LogP contribution in [0, 0.1) is 18.8 Å². The number of hydrogen-bond donors (Lipinski definition) is 0. The van der Waals surface area contributed by atoms with E-state index < -0.39 is 16.1 Å². The highest BCUT2D eigenvalue weighted by Gasteiger charge is 2.50. The summed E-state index contributed by atoms with van der Waals surface area (Å²) >= 11 is 1.23. The predicted octanol–water partition coefficient (Wildman–Crippen LogP) is 1.23. The number of allylic oxidation sites excluding steroid dienone is 2. The van der Waals surface area contributed by atoms with Gasteiger partial charge < -0.3 is 4.90 Å². The summed E-state index contributed by atoms with van der Waals surface area (Å²) in [5.41, 5.74) is 0. The molecule has 2 fully saturated rings. The van der Waals surface area contributed by atoms with Gasteiger partial charge in [0.25, 0.3) is 10.0 Å². The fourth-order valence-corrected chi connectivity index (χ4v) is 7.27. The fraction of sp³-hybridized carbons (Fsp3) is 0.550. The highest BCUT2D eigenvalue weighted by atomic mass is 32.2. The van der Waals surface area contributed by atoms with Crippen molar-refractivity contribution in [3.63, 3.8) is 0 Å². The molecule has 3 aliphatic rings. The zero-order chi connectivity index (χ0) is 21.6. The number of imide groups is 1. The van der Waals surface area contributed by atoms with E-state index in [1.165, 1.54) is 15.6 Å². The molecule has 3 atom stereocenters. The Bertz CT molecular complexity index is 981. The number of nitrogens with zero attached hydrogens (tertiary/aromatic N) is 3. The van der Waals surface area contributed by atoms with Crippen LogP contribution in [0.4, 0.5) is 0 Å². The maximum absolute atomic E-state index is 13.0. The van der Waals surface area contributed by atoms with Crippen molar-refractivity contribution in [1.82, 2.24) is 14.1 Å². The van der Waals surface area contributed by atoms with Crippen molar-refractivity contribution in [2.45, 2.75) is 36.9 Å². The number of hydrogen-bond acceptors (Lipinski definition) is 6. The lowest BCUT2D eigenvalue weighted by Crippen LogP contribution is -2.56. The van der Waals surface area contributed by atoms with E-state index >= 15 is 0 Å². The van der Waals surface area contributed by atoms with Gasteiger partial charge in [-0.25, -0.2) is 8.42 Å². The number of fused-ring (bicyclic) bond motifs is 1. The molecule has 8 nitrogen and oxygen atoms in total. The summed E-state index contributed by atoms with van der Waals surface area (Å²) in [6.45, 7) is 4.29. The minimum Gasteiger partial charge on any atom is -0.338 e. The van der Waals surface area contributed by atoms with E-state index in [9.17, 15) is 22.8 Å². The Balaban J connectivity index is 1.41. The first-order chi connectivity index (χ1) is 14.2. The highest BCUT2D eigenvalue weighted by molar-refractivity contribution is 7.91. The molecule has 0 saturated carbocycles. The average Bonchev–Trinajstić information content (AvgIpc) is 3.29. The van der Waals surface area contributed by atoms with E-state index in [1.54, 1.807) is 24.0 Å². The van der Waals surface area contributed by atoms with Crippen molar-refractivity contribution in [2.24, 2.45) is 11.8 Å². The van der Waals surface area contributed by atoms with Crippen molar-refractivity contribution >= 4 is 39.1 Å². The molecule has 2 saturated heterocycles. The van der Waals surface area contributed by atoms with Gasteiger partial charge >= 0.3 is 0 Å². The third-order valence-electron chi connectivity index (χ3n) is 6.15. The van der Waals surface area contributed by atoms with E-state index in [2.05, 4.69) is 0 Å². The van der Waals surface area contributed by atoms with Crippen LogP contribution in [0.15, 0.2) is 28.5 Å². The molecule has 3 heterocycles. The molecule has 2 aliphatic heterocycles. The number of sulfonamides is 1. The lowest BCUT2D eigenvalue weighted by molar-refractivity contribution is -0.151. The van der Waals surface area contributed by atoms with E-state index in [4.69, 9.17) is 0 Å². The maximum atomic E-state index is 13.0. The number of carbonyl (C=O) groups is 3. The van der Waals surface area contributed by atoms with Crippen molar-refractivity contribution in [2.75, 3.05) is 26.2 Å². The van der Waals surface area contributed by atoms with Gasteiger partial charge in [0.15, 0.2) is 0 Å². The van der Waals surface area contributed by atoms with Crippen LogP contribution < -0.4 is 0 Å². The molecule has 0 spiro atoms. The third kappa shape index (κ3) is 3.50. The minimum absolute atomic E-state index is 0.189. The van der Waals surface area contributed by atoms with Crippen LogP contribution in [0.25, 0.3) is 0 Å². The zero-order valence-corrected chi connectivity index (χ0v) is 18.6. The van der Waals surface area contributed by atoms with Gasteiger partial charge in [-0.3, -0.25) is 19.3 Å². The Labute approximate surface area is 180 Å². The second-order valence-electron chi connectivity index (χ2n) is 7.97. The highest BCUT2D eigenvalue weighted by Crippen LogP contribution is 2.36. The number of carbonyl (C=O) groups excluding carboxylic acids is 3. The summed E-state index contributed by atoms with van der Waals surface area (Å²) in [5.74, 6) is -1.59. The van der Waals surface area contributed by atoms with E-state index in [0.717, 1.165) is 9.78 Å². The molecule has 1 aromatic heterocycles. The Morgan fingerprint density at radius 3 is 2.10 bits per heavy atom. The molecule has 4 rings (SSSR count). The molecule has 3 unspecified atom stereocenters. The monoisotopic (exact) mass is 451 g/mol. The molecule has 30 heavy (non-hydrogen) atoms. The lowest BCUT2D eigenvalue weighted by atomic mass is 9.85. The first-order valence-electron chi connectivity index (χ1n) is 10.1. The Morgan fingerprint density at radius 1 is 1.03 bits per heavy atom. The lowest BCUT2D eigenvalue weighted by Gasteiger charge is -2.36. The van der Waals surface area contributed by atoms with Gasteiger partial charge in [0.2, 0.25) is 17.7 Å². The first kappa shape index (κ1) is 21.2. The number of piperazine rings is 1. The topological polar surface area (TPSA) is 95.1 Å². The van der Waals surface area contributed by atoms with Gasteiger partial charge in [-0.15, -0.1) is 11.3 Å². The average molecular weight is 452 g/mol. The normalized spacial score (nSPS) is 26.2. The van der Waals surface area contributed by atoms with Crippen molar-refractivity contribution in [3.05, 3.63) is 29.2 Å². The van der Waals surface area contributed by atoms with Crippen LogP contribution >= 0.6 is 11.3 Å². The molecular weight excluding hydrogens is 426 g/mol. The van der Waals surface area contributed by atoms with Gasteiger partial charge in [0, 0.05) is 31.1 Å². The number of amides is 3. The SMILES string of the molecule is Cc1ccc(S(=O)(=O)N2CCN(C(=O)C(C)N3C(=O)C4CC=CCC4C3=O)CC2)s1. The second-order valence-corrected chi connectivity index (χ2v) is 11.4. The summed E-state index contributed by atoms with van der Waals surface area (Å²) in [6, 6.07) is 2.50. The summed E-state index contributed by atoms with van der Waals surface area (Å²) in [6.07, 6.45) is 4.89. The van der Waals surface area contributed by atoms with Crippen LogP contribution in [0.2, 0.25) is 0 Å². The van der Waals surface area contributed by atoms with Crippen molar-refractivity contribution in [1.29, 1.82) is 0 Å². The van der Waals surface area contributed by atoms with Crippen LogP contribution in [0.5, 0.6) is 0 Å². The molecule has 0 aromatic carbocycles. The molecule has 10 heteroatoms. The molecule has 162 valence electrons. The fourth-order valence-electron chi connectivity index (χ4n) is 4.41. The molecule has 3 amide bonds. The zero-order valence-electron chi connectivity index (χ0n) is 17.0. The van der Waals surface area contributed by atoms with Gasteiger partial charge in [-0.1, -0.05) is 12.2 Å². The van der Waals surface area contributed by atoms with Crippen LogP contribution in [-0.2, 0) is 24.4 Å². The Morgan fingerprint density at radius 2 is 1.60 bits per heavy atom. The molecular formula is C20H25N3O5S2. The predicted molar refractivity (Wildman–Crippen MR) is 111 cm³/mol. The Hall–Kier alpha value is -2.04. The summed E-state index contributed by atoms with van der Waals surface area (Å²) < 4.78 is 27.3. The smallest absolute Gasteiger partial charge is 0.252 e. The standard InChI is InChI=1S/C20H25N3O5S2/c1-13-7-8-17(29-13)30(27,28)22-11-9-21(10-12-22)18(24)14(2)23-19(25)15-5-3-4-6-16(15)20(23)26/h3-4,7-8,14-16H,5-6,9-12H2,1-2H3. The largest absolute Gasteiger partial charge is 0.338 e. The van der Waals surface area contributed by atoms with E-state index in [0.29, 0.717) is 17.1 Å². The maximum Gasteiger partial charge on any atom is 0.252 e. The molecule has 0 N–H and O–H groups in total. The van der Waals surface area contributed by atoms with Gasteiger partial charge in [0.1, 0.15) is 10.3 Å². The van der Waals surface area contributed by atoms with Gasteiger partial charge in [-0.2, -0.15) is 4.31 Å². The molecule has 0 radical (unpaired) electrons. The van der Waals surface area contributed by atoms with Crippen molar-refractivity contribution < 1.29 is 22.8 Å². The number of aryl methyl sites for hydroxylation is 1. The molecule has 1 aromatic rings. The van der Waals surface area contributed by atoms with E-state index in [-0.39, 0.29) is 55.7 Å². The van der Waals surface area contributed by atoms with Gasteiger partial charge in [0.05, 0.1) is 11.8 Å². The Kier molecular flexibility index (Phi) is 5.58. The number of thiophene rings is 1. The quantitative estimate of drug-likeness (QED) is 0.507. The van der Waals surface area contributed by atoms with Crippen LogP contribution in [0.1, 0.15) is 24.6 Å². The second kappa shape index (κ2) is 7.90. The van der Waals surface area contributed by atoms with Crippen LogP contribution in [-0.4, -0.2) is 72.5 Å². The number of rotatable bonds is 4. The van der Waals surface area contributed by atoms with Crippen molar-refractivity contribution in [3.8, 4) is 0 Å². The first-order valence-corrected chi connectivity index (χ1v) is 12.3. The third-order valence-corrected chi connectivity index (χ3v) is 9.51. The number of likely N-dealkylation sites (tertiary alicyclic amines) is 1. The van der Waals surface area contributed by atoms with Crippen LogP contribution in [0.3, 0.4) is 0 Å². The molecule has 0 bridgehead atoms. The molecule has 1 aliphatic carbocycles. The van der Waals surface area contributed by atoms with E-state index in [1.807, 2.05) is 19.1 Å². The van der Waals surface area contributed by atoms with Gasteiger partial charge in [-0.05, 0) is 38.8 Å². The summed E-state index contributed by atoms with van der Waals surface area (Å²) in [7, 11) is -3.57.